The lowest BCUT2D eigenvalue weighted by atomic mass is 10.1. The number of carbonyl (C=O) groups is 1. The number of benzene rings is 1. The first-order chi connectivity index (χ1) is 7.91. The lowest BCUT2D eigenvalue weighted by Gasteiger charge is -2.16. The molecule has 0 bridgehead atoms. The fourth-order valence-corrected chi connectivity index (χ4v) is 1.35. The normalized spacial score (nSPS) is 14.4. The zero-order valence-electron chi connectivity index (χ0n) is 9.28. The first-order valence-electron chi connectivity index (χ1n) is 5.07. The van der Waals surface area contributed by atoms with Gasteiger partial charge in [-0.05, 0) is 25.1 Å². The van der Waals surface area contributed by atoms with E-state index in [1.807, 2.05) is 0 Å². The highest BCUT2D eigenvalue weighted by atomic mass is 19.1. The maximum atomic E-state index is 13.3. The summed E-state index contributed by atoms with van der Waals surface area (Å²) in [5.74, 6) is -1.98. The van der Waals surface area contributed by atoms with E-state index in [4.69, 9.17) is 10.8 Å². The van der Waals surface area contributed by atoms with Crippen LogP contribution < -0.4 is 11.1 Å². The molecular weight excluding hydrogens is 230 g/mol. The van der Waals surface area contributed by atoms with Crippen LogP contribution in [0.3, 0.4) is 0 Å². The Labute approximate surface area is 97.4 Å². The number of rotatable bonds is 5. The van der Waals surface area contributed by atoms with Crippen molar-refractivity contribution in [2.45, 2.75) is 19.1 Å². The minimum Gasteiger partial charge on any atom is -0.382 e. The number of aliphatic hydroxyl groups is 1. The number of primary amides is 1. The highest BCUT2D eigenvalue weighted by Gasteiger charge is 2.15. The van der Waals surface area contributed by atoms with E-state index in [1.54, 1.807) is 6.92 Å². The highest BCUT2D eigenvalue weighted by molar-refractivity contribution is 5.78. The van der Waals surface area contributed by atoms with E-state index in [0.29, 0.717) is 0 Å². The van der Waals surface area contributed by atoms with Crippen molar-refractivity contribution in [3.63, 3.8) is 0 Å². The first kappa shape index (κ1) is 13.5. The van der Waals surface area contributed by atoms with Gasteiger partial charge in [0.2, 0.25) is 5.91 Å². The predicted molar refractivity (Wildman–Crippen MR) is 58.0 cm³/mol. The number of halogens is 2. The summed E-state index contributed by atoms with van der Waals surface area (Å²) in [5, 5.41) is 11.8. The van der Waals surface area contributed by atoms with Gasteiger partial charge in [0.25, 0.3) is 0 Å². The quantitative estimate of drug-likeness (QED) is 0.704. The van der Waals surface area contributed by atoms with Crippen molar-refractivity contribution in [2.75, 3.05) is 6.54 Å². The molecule has 2 atom stereocenters. The second-order valence-electron chi connectivity index (χ2n) is 3.71. The Balaban J connectivity index is 2.66. The van der Waals surface area contributed by atoms with Gasteiger partial charge in [-0.15, -0.1) is 0 Å². The van der Waals surface area contributed by atoms with Crippen LogP contribution in [0, 0.1) is 11.6 Å². The highest BCUT2D eigenvalue weighted by Crippen LogP contribution is 2.17. The Morgan fingerprint density at radius 2 is 2.18 bits per heavy atom. The van der Waals surface area contributed by atoms with Crippen molar-refractivity contribution in [3.05, 3.63) is 35.4 Å². The molecule has 2 unspecified atom stereocenters. The SMILES string of the molecule is CC(NCC(O)C(N)=O)c1cc(F)ccc1F. The van der Waals surface area contributed by atoms with Gasteiger partial charge in [-0.25, -0.2) is 8.78 Å². The number of nitrogens with two attached hydrogens (primary N) is 1. The molecule has 0 aliphatic carbocycles. The third kappa shape index (κ3) is 3.76. The third-order valence-corrected chi connectivity index (χ3v) is 2.37. The van der Waals surface area contributed by atoms with Crippen molar-refractivity contribution in [1.29, 1.82) is 0 Å². The smallest absolute Gasteiger partial charge is 0.247 e. The zero-order valence-corrected chi connectivity index (χ0v) is 9.28. The van der Waals surface area contributed by atoms with Crippen LogP contribution in [0.1, 0.15) is 18.5 Å². The molecule has 1 rings (SSSR count). The van der Waals surface area contributed by atoms with E-state index in [-0.39, 0.29) is 12.1 Å². The lowest BCUT2D eigenvalue weighted by molar-refractivity contribution is -0.125. The molecule has 0 radical (unpaired) electrons. The van der Waals surface area contributed by atoms with Gasteiger partial charge < -0.3 is 16.2 Å². The average molecular weight is 244 g/mol. The van der Waals surface area contributed by atoms with Crippen molar-refractivity contribution in [1.82, 2.24) is 5.32 Å². The van der Waals surface area contributed by atoms with Gasteiger partial charge >= 0.3 is 0 Å². The van der Waals surface area contributed by atoms with E-state index in [2.05, 4.69) is 5.32 Å². The maximum absolute atomic E-state index is 13.3. The third-order valence-electron chi connectivity index (χ3n) is 2.37. The summed E-state index contributed by atoms with van der Waals surface area (Å²) in [6, 6.07) is 2.56. The minimum atomic E-state index is -1.35. The van der Waals surface area contributed by atoms with Crippen LogP contribution in [0.4, 0.5) is 8.78 Å². The molecule has 0 saturated heterocycles. The van der Waals surface area contributed by atoms with Gasteiger partial charge in [0.15, 0.2) is 0 Å². The van der Waals surface area contributed by atoms with Crippen LogP contribution in [0.15, 0.2) is 18.2 Å². The van der Waals surface area contributed by atoms with E-state index < -0.39 is 29.7 Å². The Morgan fingerprint density at radius 1 is 1.53 bits per heavy atom. The van der Waals surface area contributed by atoms with Gasteiger partial charge in [0, 0.05) is 18.2 Å². The van der Waals surface area contributed by atoms with E-state index in [1.165, 1.54) is 0 Å². The summed E-state index contributed by atoms with van der Waals surface area (Å²) < 4.78 is 26.3. The van der Waals surface area contributed by atoms with Crippen LogP contribution in [0.2, 0.25) is 0 Å². The Kier molecular flexibility index (Phi) is 4.53. The topological polar surface area (TPSA) is 75.3 Å². The zero-order chi connectivity index (χ0) is 13.0. The van der Waals surface area contributed by atoms with Gasteiger partial charge in [-0.3, -0.25) is 4.79 Å². The molecule has 0 heterocycles. The van der Waals surface area contributed by atoms with E-state index in [0.717, 1.165) is 18.2 Å². The van der Waals surface area contributed by atoms with Gasteiger partial charge in [0.1, 0.15) is 17.7 Å². The molecule has 1 amide bonds. The van der Waals surface area contributed by atoms with Crippen LogP contribution in [0.25, 0.3) is 0 Å². The first-order valence-corrected chi connectivity index (χ1v) is 5.07. The van der Waals surface area contributed by atoms with E-state index in [9.17, 15) is 13.6 Å². The summed E-state index contributed by atoms with van der Waals surface area (Å²) in [5.41, 5.74) is 4.98. The molecule has 0 aliphatic rings. The second-order valence-corrected chi connectivity index (χ2v) is 3.71. The molecule has 0 spiro atoms. The summed E-state index contributed by atoms with van der Waals surface area (Å²) in [6.45, 7) is 1.47. The summed E-state index contributed by atoms with van der Waals surface area (Å²) in [7, 11) is 0. The Bertz CT molecular complexity index is 412. The molecule has 0 aromatic heterocycles. The van der Waals surface area contributed by atoms with Crippen LogP contribution in [0.5, 0.6) is 0 Å². The molecule has 0 fully saturated rings. The molecule has 1 aromatic carbocycles. The van der Waals surface area contributed by atoms with E-state index >= 15 is 0 Å². The van der Waals surface area contributed by atoms with Crippen molar-refractivity contribution in [2.24, 2.45) is 5.73 Å². The number of carbonyl (C=O) groups excluding carboxylic acids is 1. The molecule has 1 aromatic rings. The summed E-state index contributed by atoms with van der Waals surface area (Å²) in [6.07, 6.45) is -1.35. The number of aliphatic hydroxyl groups excluding tert-OH is 1. The number of nitrogens with one attached hydrogen (secondary N) is 1. The molecule has 0 saturated carbocycles. The van der Waals surface area contributed by atoms with Gasteiger partial charge in [-0.2, -0.15) is 0 Å². The lowest BCUT2D eigenvalue weighted by Crippen LogP contribution is -2.38. The molecule has 4 N–H and O–H groups in total. The van der Waals surface area contributed by atoms with Crippen LogP contribution in [-0.4, -0.2) is 23.7 Å². The van der Waals surface area contributed by atoms with Crippen LogP contribution >= 0.6 is 0 Å². The summed E-state index contributed by atoms with van der Waals surface area (Å²) in [4.78, 5) is 10.6. The Hall–Kier alpha value is -1.53. The fourth-order valence-electron chi connectivity index (χ4n) is 1.35. The van der Waals surface area contributed by atoms with Crippen LogP contribution in [-0.2, 0) is 4.79 Å². The molecule has 4 nitrogen and oxygen atoms in total. The molecule has 94 valence electrons. The molecular formula is C11H14F2N2O2. The second kappa shape index (κ2) is 5.70. The van der Waals surface area contributed by atoms with Gasteiger partial charge in [0.05, 0.1) is 0 Å². The molecule has 0 aliphatic heterocycles. The maximum Gasteiger partial charge on any atom is 0.247 e. The monoisotopic (exact) mass is 244 g/mol. The molecule has 6 heteroatoms. The number of hydrogen-bond donors (Lipinski definition) is 3. The van der Waals surface area contributed by atoms with Crippen molar-refractivity contribution >= 4 is 5.91 Å². The van der Waals surface area contributed by atoms with Crippen molar-refractivity contribution in [3.8, 4) is 0 Å². The van der Waals surface area contributed by atoms with Gasteiger partial charge in [-0.1, -0.05) is 0 Å². The number of hydrogen-bond acceptors (Lipinski definition) is 3. The number of amides is 1. The Morgan fingerprint density at radius 3 is 2.76 bits per heavy atom. The summed E-state index contributed by atoms with van der Waals surface area (Å²) >= 11 is 0. The van der Waals surface area contributed by atoms with Crippen molar-refractivity contribution < 1.29 is 18.7 Å². The molecule has 17 heavy (non-hydrogen) atoms. The largest absolute Gasteiger partial charge is 0.382 e. The minimum absolute atomic E-state index is 0.119. The fraction of sp³-hybridized carbons (Fsp3) is 0.364. The standard InChI is InChI=1S/C11H14F2N2O2/c1-6(15-5-10(16)11(14)17)8-4-7(12)2-3-9(8)13/h2-4,6,10,15-16H,5H2,1H3,(H2,14,17). The predicted octanol–water partition coefficient (Wildman–Crippen LogP) is 0.462. The average Bonchev–Trinajstić information content (AvgIpc) is 2.28.